The number of rotatable bonds is 7. The van der Waals surface area contributed by atoms with E-state index >= 15 is 0 Å². The van der Waals surface area contributed by atoms with E-state index in [0.29, 0.717) is 15.9 Å². The van der Waals surface area contributed by atoms with Crippen LogP contribution < -0.4 is 20.9 Å². The van der Waals surface area contributed by atoms with Gasteiger partial charge in [-0.25, -0.2) is 0 Å². The summed E-state index contributed by atoms with van der Waals surface area (Å²) < 4.78 is 5.77. The van der Waals surface area contributed by atoms with Gasteiger partial charge in [0, 0.05) is 11.6 Å². The van der Waals surface area contributed by atoms with Crippen LogP contribution in [0.2, 0.25) is 5.02 Å². The highest BCUT2D eigenvalue weighted by atomic mass is 35.5. The predicted octanol–water partition coefficient (Wildman–Crippen LogP) is 2.17. The molecule has 25 heavy (non-hydrogen) atoms. The van der Waals surface area contributed by atoms with Gasteiger partial charge in [0.05, 0.1) is 0 Å². The van der Waals surface area contributed by atoms with Crippen molar-refractivity contribution in [1.82, 2.24) is 21.1 Å². The summed E-state index contributed by atoms with van der Waals surface area (Å²) >= 11 is 11.1. The van der Waals surface area contributed by atoms with Gasteiger partial charge in [0.2, 0.25) is 0 Å². The molecule has 0 fully saturated rings. The number of carbonyl (C=O) groups excluding carboxylic acids is 1. The van der Waals surface area contributed by atoms with Gasteiger partial charge in [-0.1, -0.05) is 11.6 Å². The Bertz CT molecular complexity index is 587. The van der Waals surface area contributed by atoms with Crippen molar-refractivity contribution in [3.05, 3.63) is 28.3 Å². The maximum absolute atomic E-state index is 12.1. The molecule has 0 aliphatic rings. The van der Waals surface area contributed by atoms with Gasteiger partial charge in [0.25, 0.3) is 5.91 Å². The smallest absolute Gasteiger partial charge is 0.279 e. The molecule has 3 N–H and O–H groups in total. The van der Waals surface area contributed by atoms with E-state index in [1.54, 1.807) is 19.1 Å². The lowest BCUT2D eigenvalue weighted by Gasteiger charge is -2.19. The number of ether oxygens (including phenoxy) is 1. The Balaban J connectivity index is 2.41. The van der Waals surface area contributed by atoms with E-state index in [0.717, 1.165) is 30.6 Å². The number of carbonyl (C=O) groups is 1. The average Bonchev–Trinajstić information content (AvgIpc) is 2.52. The van der Waals surface area contributed by atoms with Crippen LogP contribution in [-0.4, -0.2) is 49.2 Å². The number of halogens is 1. The van der Waals surface area contributed by atoms with Crippen LogP contribution in [0.25, 0.3) is 0 Å². The molecule has 0 aromatic heterocycles. The van der Waals surface area contributed by atoms with Gasteiger partial charge in [-0.05, 0) is 83.3 Å². The van der Waals surface area contributed by atoms with E-state index in [4.69, 9.17) is 28.6 Å². The third-order valence-corrected chi connectivity index (χ3v) is 3.92. The average molecular weight is 387 g/mol. The summed E-state index contributed by atoms with van der Waals surface area (Å²) in [6.45, 7) is 7.16. The molecule has 0 radical (unpaired) electrons. The minimum Gasteiger partial charge on any atom is -0.480 e. The first-order valence-electron chi connectivity index (χ1n) is 8.12. The molecule has 0 saturated carbocycles. The highest BCUT2D eigenvalue weighted by molar-refractivity contribution is 7.80. The zero-order chi connectivity index (χ0) is 19.0. The Morgan fingerprint density at radius 2 is 1.88 bits per heavy atom. The van der Waals surface area contributed by atoms with E-state index in [1.165, 1.54) is 0 Å². The molecule has 1 atom stereocenters. The Labute approximate surface area is 160 Å². The quantitative estimate of drug-likeness (QED) is 0.379. The summed E-state index contributed by atoms with van der Waals surface area (Å²) in [5.74, 6) is 0.350. The van der Waals surface area contributed by atoms with Crippen molar-refractivity contribution in [3.8, 4) is 5.75 Å². The molecule has 0 aliphatic carbocycles. The number of amides is 1. The summed E-state index contributed by atoms with van der Waals surface area (Å²) in [5, 5.41) is 4.05. The highest BCUT2D eigenvalue weighted by Gasteiger charge is 2.17. The zero-order valence-electron chi connectivity index (χ0n) is 15.4. The number of hydrogen-bond acceptors (Lipinski definition) is 4. The molecule has 1 rings (SSSR count). The van der Waals surface area contributed by atoms with Crippen LogP contribution in [0.4, 0.5) is 0 Å². The number of hydrazine groups is 1. The van der Waals surface area contributed by atoms with Gasteiger partial charge < -0.3 is 15.0 Å². The number of thiocarbonyl (C=S) groups is 1. The monoisotopic (exact) mass is 386 g/mol. The van der Waals surface area contributed by atoms with Crippen LogP contribution in [0.15, 0.2) is 12.1 Å². The van der Waals surface area contributed by atoms with Crippen molar-refractivity contribution >= 4 is 34.8 Å². The maximum atomic E-state index is 12.1. The van der Waals surface area contributed by atoms with Crippen LogP contribution >= 0.6 is 23.8 Å². The fraction of sp³-hybridized carbons (Fsp3) is 0.529. The van der Waals surface area contributed by atoms with E-state index in [9.17, 15) is 4.79 Å². The second kappa shape index (κ2) is 10.4. The Hall–Kier alpha value is -1.57. The van der Waals surface area contributed by atoms with Crippen LogP contribution in [0.3, 0.4) is 0 Å². The van der Waals surface area contributed by atoms with Gasteiger partial charge in [-0.3, -0.25) is 15.6 Å². The van der Waals surface area contributed by atoms with Crippen molar-refractivity contribution in [2.75, 3.05) is 27.2 Å². The van der Waals surface area contributed by atoms with E-state index < -0.39 is 6.10 Å². The molecular weight excluding hydrogens is 360 g/mol. The molecule has 0 bridgehead atoms. The normalized spacial score (nSPS) is 11.8. The van der Waals surface area contributed by atoms with E-state index in [1.807, 2.05) is 27.9 Å². The lowest BCUT2D eigenvalue weighted by atomic mass is 10.1. The van der Waals surface area contributed by atoms with Crippen molar-refractivity contribution in [2.45, 2.75) is 33.3 Å². The molecular formula is C17H27ClN4O2S. The molecule has 8 heteroatoms. The van der Waals surface area contributed by atoms with Gasteiger partial charge in [0.1, 0.15) is 5.75 Å². The second-order valence-electron chi connectivity index (χ2n) is 6.16. The summed E-state index contributed by atoms with van der Waals surface area (Å²) in [4.78, 5) is 14.2. The van der Waals surface area contributed by atoms with Gasteiger partial charge in [-0.2, -0.15) is 0 Å². The number of hydrogen-bond donors (Lipinski definition) is 3. The molecule has 1 amide bonds. The van der Waals surface area contributed by atoms with Gasteiger partial charge in [-0.15, -0.1) is 0 Å². The maximum Gasteiger partial charge on any atom is 0.279 e. The number of benzene rings is 1. The molecule has 0 spiro atoms. The fourth-order valence-electron chi connectivity index (χ4n) is 2.18. The predicted molar refractivity (Wildman–Crippen MR) is 106 cm³/mol. The third-order valence-electron chi connectivity index (χ3n) is 3.46. The topological polar surface area (TPSA) is 65.6 Å². The molecule has 0 saturated heterocycles. The van der Waals surface area contributed by atoms with Crippen molar-refractivity contribution in [1.29, 1.82) is 0 Å². The molecule has 1 aromatic rings. The minimum atomic E-state index is -0.678. The van der Waals surface area contributed by atoms with Crippen molar-refractivity contribution in [2.24, 2.45) is 0 Å². The van der Waals surface area contributed by atoms with Crippen molar-refractivity contribution < 1.29 is 9.53 Å². The number of nitrogens with zero attached hydrogens (tertiary/aromatic N) is 1. The Morgan fingerprint density at radius 1 is 1.28 bits per heavy atom. The van der Waals surface area contributed by atoms with Crippen LogP contribution in [0.5, 0.6) is 5.75 Å². The summed E-state index contributed by atoms with van der Waals surface area (Å²) in [6, 6.07) is 3.61. The van der Waals surface area contributed by atoms with Crippen LogP contribution in [0, 0.1) is 13.8 Å². The van der Waals surface area contributed by atoms with Crippen LogP contribution in [-0.2, 0) is 4.79 Å². The summed E-state index contributed by atoms with van der Waals surface area (Å²) in [6.07, 6.45) is 0.278. The molecule has 0 aliphatic heterocycles. The number of aryl methyl sites for hydroxylation is 2. The summed E-state index contributed by atoms with van der Waals surface area (Å²) in [5.41, 5.74) is 7.00. The number of nitrogens with one attached hydrogen (secondary N) is 3. The lowest BCUT2D eigenvalue weighted by molar-refractivity contribution is -0.127. The minimum absolute atomic E-state index is 0.314. The van der Waals surface area contributed by atoms with Gasteiger partial charge >= 0.3 is 0 Å². The molecule has 6 nitrogen and oxygen atoms in total. The zero-order valence-corrected chi connectivity index (χ0v) is 17.0. The first-order chi connectivity index (χ1) is 11.7. The Kier molecular flexibility index (Phi) is 8.96. The van der Waals surface area contributed by atoms with Gasteiger partial charge in [0.15, 0.2) is 11.2 Å². The van der Waals surface area contributed by atoms with E-state index in [2.05, 4.69) is 21.1 Å². The molecule has 0 unspecified atom stereocenters. The standard InChI is InChI=1S/C17H27ClN4O2S/c1-11-9-14(18)10-12(2)15(11)24-13(3)16(23)20-21-17(25)19-7-6-8-22(4)5/h9-10,13H,6-8H2,1-5H3,(H,20,23)(H2,19,21,25)/t13-/m1/s1. The van der Waals surface area contributed by atoms with Crippen LogP contribution in [0.1, 0.15) is 24.5 Å². The first-order valence-corrected chi connectivity index (χ1v) is 8.91. The SMILES string of the molecule is Cc1cc(Cl)cc(C)c1O[C@H](C)C(=O)NNC(=S)NCCCN(C)C. The lowest BCUT2D eigenvalue weighted by Crippen LogP contribution is -2.50. The second-order valence-corrected chi connectivity index (χ2v) is 7.00. The Morgan fingerprint density at radius 3 is 2.44 bits per heavy atom. The summed E-state index contributed by atoms with van der Waals surface area (Å²) in [7, 11) is 4.03. The fourth-order valence-corrected chi connectivity index (χ4v) is 2.66. The first kappa shape index (κ1) is 21.5. The van der Waals surface area contributed by atoms with Crippen molar-refractivity contribution in [3.63, 3.8) is 0 Å². The molecule has 140 valence electrons. The molecule has 0 heterocycles. The highest BCUT2D eigenvalue weighted by Crippen LogP contribution is 2.27. The molecule has 1 aromatic carbocycles. The largest absolute Gasteiger partial charge is 0.480 e. The van der Waals surface area contributed by atoms with E-state index in [-0.39, 0.29) is 5.91 Å². The third kappa shape index (κ3) is 7.90.